The van der Waals surface area contributed by atoms with Crippen molar-refractivity contribution in [1.82, 2.24) is 5.32 Å². The fraction of sp³-hybridized carbons (Fsp3) is 0.727. The van der Waals surface area contributed by atoms with Crippen molar-refractivity contribution in [2.45, 2.75) is 116 Å². The molecule has 0 fully saturated rings. The zero-order valence-electron chi connectivity index (χ0n) is 27.2. The molecule has 0 radical (unpaired) electrons. The molecule has 244 valence electrons. The van der Waals surface area contributed by atoms with Crippen LogP contribution in [0, 0.1) is 0 Å². The van der Waals surface area contributed by atoms with Crippen LogP contribution >= 0.6 is 7.82 Å². The van der Waals surface area contributed by atoms with Crippen LogP contribution in [0.3, 0.4) is 0 Å². The molecule has 2 N–H and O–H groups in total. The smallest absolute Gasteiger partial charge is 0.268 e. The summed E-state index contributed by atoms with van der Waals surface area (Å²) in [5.41, 5.74) is 0. The Bertz CT molecular complexity index is 835. The topological polar surface area (TPSA) is 108 Å². The summed E-state index contributed by atoms with van der Waals surface area (Å²) in [6.45, 7) is 4.28. The number of carbonyl (C=O) groups is 1. The fourth-order valence-corrected chi connectivity index (χ4v) is 4.66. The Labute approximate surface area is 257 Å². The van der Waals surface area contributed by atoms with Gasteiger partial charge in [0.2, 0.25) is 5.91 Å². The van der Waals surface area contributed by atoms with E-state index in [1.54, 1.807) is 6.08 Å². The van der Waals surface area contributed by atoms with E-state index in [0.717, 1.165) is 70.6 Å². The normalized spacial score (nSPS) is 15.7. The van der Waals surface area contributed by atoms with E-state index in [4.69, 9.17) is 9.05 Å². The van der Waals surface area contributed by atoms with Crippen molar-refractivity contribution >= 4 is 13.7 Å². The number of amides is 1. The Morgan fingerprint density at radius 2 is 1.43 bits per heavy atom. The lowest BCUT2D eigenvalue weighted by atomic mass is 10.1. The Morgan fingerprint density at radius 1 is 0.857 bits per heavy atom. The van der Waals surface area contributed by atoms with Crippen LogP contribution in [0.5, 0.6) is 0 Å². The van der Waals surface area contributed by atoms with Gasteiger partial charge >= 0.3 is 0 Å². The van der Waals surface area contributed by atoms with Gasteiger partial charge in [-0.05, 0) is 58.3 Å². The highest BCUT2D eigenvalue weighted by atomic mass is 31.2. The summed E-state index contributed by atoms with van der Waals surface area (Å²) in [5, 5.41) is 13.5. The van der Waals surface area contributed by atoms with Gasteiger partial charge in [-0.2, -0.15) is 0 Å². The largest absolute Gasteiger partial charge is 0.756 e. The van der Waals surface area contributed by atoms with Crippen LogP contribution in [0.25, 0.3) is 0 Å². The molecule has 0 aromatic rings. The number of unbranched alkanes of at least 4 members (excludes halogenated alkanes) is 9. The highest BCUT2D eigenvalue weighted by Gasteiger charge is 2.23. The third kappa shape index (κ3) is 27.3. The minimum absolute atomic E-state index is 0.0127. The number of allylic oxidation sites excluding steroid dienone is 7. The molecule has 0 rings (SSSR count). The molecule has 9 heteroatoms. The summed E-state index contributed by atoms with van der Waals surface area (Å²) in [6, 6.07) is -0.908. The third-order valence-corrected chi connectivity index (χ3v) is 7.55. The maximum Gasteiger partial charge on any atom is 0.268 e. The lowest BCUT2D eigenvalue weighted by Gasteiger charge is -2.29. The van der Waals surface area contributed by atoms with Crippen molar-refractivity contribution in [3.05, 3.63) is 48.6 Å². The number of quaternary nitrogens is 1. The molecule has 8 nitrogen and oxygen atoms in total. The molecule has 0 aliphatic carbocycles. The van der Waals surface area contributed by atoms with E-state index >= 15 is 0 Å². The molecule has 42 heavy (non-hydrogen) atoms. The molecule has 0 spiro atoms. The average molecular weight is 613 g/mol. The summed E-state index contributed by atoms with van der Waals surface area (Å²) in [5.74, 6) is -0.231. The van der Waals surface area contributed by atoms with Crippen molar-refractivity contribution in [3.63, 3.8) is 0 Å². The van der Waals surface area contributed by atoms with Crippen LogP contribution in [0.4, 0.5) is 0 Å². The maximum atomic E-state index is 12.6. The van der Waals surface area contributed by atoms with Crippen LogP contribution < -0.4 is 10.2 Å². The van der Waals surface area contributed by atoms with Gasteiger partial charge in [-0.25, -0.2) is 0 Å². The van der Waals surface area contributed by atoms with Crippen molar-refractivity contribution in [2.24, 2.45) is 0 Å². The van der Waals surface area contributed by atoms with Crippen LogP contribution in [0.1, 0.15) is 104 Å². The minimum Gasteiger partial charge on any atom is -0.756 e. The zero-order valence-corrected chi connectivity index (χ0v) is 28.1. The number of rotatable bonds is 27. The first-order valence-electron chi connectivity index (χ1n) is 16.0. The van der Waals surface area contributed by atoms with Crippen LogP contribution in [-0.4, -0.2) is 68.5 Å². The summed E-state index contributed by atoms with van der Waals surface area (Å²) >= 11 is 0. The fourth-order valence-electron chi connectivity index (χ4n) is 3.93. The monoisotopic (exact) mass is 612 g/mol. The van der Waals surface area contributed by atoms with E-state index in [9.17, 15) is 19.4 Å². The van der Waals surface area contributed by atoms with Gasteiger partial charge in [0, 0.05) is 6.42 Å². The lowest BCUT2D eigenvalue weighted by molar-refractivity contribution is -0.870. The first-order chi connectivity index (χ1) is 20.0. The molecule has 1 amide bonds. The summed E-state index contributed by atoms with van der Waals surface area (Å²) in [6.07, 6.45) is 29.0. The van der Waals surface area contributed by atoms with Crippen molar-refractivity contribution < 1.29 is 32.9 Å². The van der Waals surface area contributed by atoms with Gasteiger partial charge in [-0.15, -0.1) is 0 Å². The predicted molar refractivity (Wildman–Crippen MR) is 173 cm³/mol. The van der Waals surface area contributed by atoms with E-state index in [1.165, 1.54) is 12.8 Å². The molecule has 0 aliphatic heterocycles. The Morgan fingerprint density at radius 3 is 2.07 bits per heavy atom. The molecular weight excluding hydrogens is 551 g/mol. The van der Waals surface area contributed by atoms with Gasteiger partial charge in [0.05, 0.1) is 39.9 Å². The highest BCUT2D eigenvalue weighted by Crippen LogP contribution is 2.38. The van der Waals surface area contributed by atoms with E-state index in [0.29, 0.717) is 17.4 Å². The molecule has 3 atom stereocenters. The van der Waals surface area contributed by atoms with Crippen molar-refractivity contribution in [2.75, 3.05) is 40.9 Å². The molecule has 0 aromatic carbocycles. The van der Waals surface area contributed by atoms with Gasteiger partial charge in [0.1, 0.15) is 13.2 Å². The molecule has 3 unspecified atom stereocenters. The number of phosphoric ester groups is 1. The molecule has 0 aromatic heterocycles. The molecule has 0 saturated carbocycles. The number of phosphoric acid groups is 1. The van der Waals surface area contributed by atoms with E-state index in [1.807, 2.05) is 40.2 Å². The standard InChI is InChI=1S/C33H61N2O6P/c1-6-8-10-12-14-16-17-19-21-23-25-27-33(37)34-31(30-41-42(38,39)40-29-28-35(3,4)5)32(36)26-24-22-20-18-15-13-11-9-7-2/h7,9,12,14-15,18,24,26,31-32,36H,6,8,10-11,13,16-17,19-23,25,27-30H2,1-5H3,(H-,34,37,38,39)/b9-7+,14-12-,18-15+,26-24+. The first-order valence-corrected chi connectivity index (χ1v) is 17.4. The second kappa shape index (κ2) is 25.9. The number of aliphatic hydroxyl groups is 1. The molecule has 0 heterocycles. The number of nitrogens with one attached hydrogen (secondary N) is 1. The third-order valence-electron chi connectivity index (χ3n) is 6.58. The molecule has 0 bridgehead atoms. The Balaban J connectivity index is 4.72. The van der Waals surface area contributed by atoms with Crippen molar-refractivity contribution in [3.8, 4) is 0 Å². The van der Waals surface area contributed by atoms with Gasteiger partial charge < -0.3 is 28.8 Å². The van der Waals surface area contributed by atoms with E-state index in [2.05, 4.69) is 42.6 Å². The maximum absolute atomic E-state index is 12.6. The second-order valence-electron chi connectivity index (χ2n) is 11.8. The second-order valence-corrected chi connectivity index (χ2v) is 13.2. The van der Waals surface area contributed by atoms with Crippen LogP contribution in [-0.2, 0) is 18.4 Å². The van der Waals surface area contributed by atoms with E-state index in [-0.39, 0.29) is 12.5 Å². The van der Waals surface area contributed by atoms with Gasteiger partial charge in [-0.1, -0.05) is 87.6 Å². The molecular formula is C33H61N2O6P. The van der Waals surface area contributed by atoms with Gasteiger partial charge in [0.15, 0.2) is 0 Å². The van der Waals surface area contributed by atoms with Gasteiger partial charge in [0.25, 0.3) is 7.82 Å². The first kappa shape index (κ1) is 40.5. The number of carbonyl (C=O) groups excluding carboxylic acids is 1. The minimum atomic E-state index is -4.58. The quantitative estimate of drug-likeness (QED) is 0.0459. The van der Waals surface area contributed by atoms with Crippen LogP contribution in [0.2, 0.25) is 0 Å². The zero-order chi connectivity index (χ0) is 31.5. The summed E-state index contributed by atoms with van der Waals surface area (Å²) in [7, 11) is 1.21. The average Bonchev–Trinajstić information content (AvgIpc) is 2.92. The van der Waals surface area contributed by atoms with Gasteiger partial charge in [-0.3, -0.25) is 9.36 Å². The van der Waals surface area contributed by atoms with Crippen molar-refractivity contribution in [1.29, 1.82) is 0 Å². The predicted octanol–water partition coefficient (Wildman–Crippen LogP) is 6.77. The number of aliphatic hydroxyl groups excluding tert-OH is 1. The summed E-state index contributed by atoms with van der Waals surface area (Å²) < 4.78 is 22.9. The number of hydrogen-bond acceptors (Lipinski definition) is 6. The van der Waals surface area contributed by atoms with Crippen LogP contribution in [0.15, 0.2) is 48.6 Å². The number of likely N-dealkylation sites (N-methyl/N-ethyl adjacent to an activating group) is 1. The lowest BCUT2D eigenvalue weighted by Crippen LogP contribution is -2.45. The SMILES string of the molecule is C/C=C/CC/C=C/CC/C=C/C(O)C(COP(=O)([O-])OCC[N+](C)(C)C)NC(=O)CCCCCCC/C=C\CCCC. The number of nitrogens with zero attached hydrogens (tertiary/aromatic N) is 1. The Hall–Kier alpha value is -1.54. The highest BCUT2D eigenvalue weighted by molar-refractivity contribution is 7.45. The molecule has 0 saturated heterocycles. The molecule has 0 aliphatic rings. The Kier molecular flexibility index (Phi) is 25.0. The van der Waals surface area contributed by atoms with E-state index < -0.39 is 26.6 Å². The number of hydrogen-bond donors (Lipinski definition) is 2. The summed E-state index contributed by atoms with van der Waals surface area (Å²) in [4.78, 5) is 24.9.